The quantitative estimate of drug-likeness (QED) is 0.737. The van der Waals surface area contributed by atoms with E-state index in [-0.39, 0.29) is 30.1 Å². The van der Waals surface area contributed by atoms with Gasteiger partial charge >= 0.3 is 0 Å². The fourth-order valence-corrected chi connectivity index (χ4v) is 5.19. The predicted molar refractivity (Wildman–Crippen MR) is 124 cm³/mol. The fourth-order valence-electron chi connectivity index (χ4n) is 3.70. The zero-order valence-corrected chi connectivity index (χ0v) is 19.3. The van der Waals surface area contributed by atoms with E-state index in [0.717, 1.165) is 22.3 Å². The minimum absolute atomic E-state index is 0.171. The van der Waals surface area contributed by atoms with Crippen LogP contribution in [0.3, 0.4) is 0 Å². The summed E-state index contributed by atoms with van der Waals surface area (Å²) in [5.74, 6) is -0.441. The number of ether oxygens (including phenoxy) is 1. The van der Waals surface area contributed by atoms with Gasteiger partial charge in [-0.05, 0) is 49.0 Å². The lowest BCUT2D eigenvalue weighted by atomic mass is 10.1. The van der Waals surface area contributed by atoms with Crippen molar-refractivity contribution < 1.29 is 19.1 Å². The van der Waals surface area contributed by atoms with Gasteiger partial charge in [-0.2, -0.15) is 5.01 Å². The van der Waals surface area contributed by atoms with Crippen LogP contribution in [0.5, 0.6) is 5.75 Å². The minimum atomic E-state index is -1.48. The molecular formula is C22H21ClN4O4S. The van der Waals surface area contributed by atoms with Gasteiger partial charge in [-0.25, -0.2) is 0 Å². The Hall–Kier alpha value is -3.04. The van der Waals surface area contributed by atoms with Crippen molar-refractivity contribution in [3.05, 3.63) is 58.6 Å². The highest BCUT2D eigenvalue weighted by molar-refractivity contribution is 8.15. The summed E-state index contributed by atoms with van der Waals surface area (Å²) in [7, 11) is 0. The van der Waals surface area contributed by atoms with Crippen LogP contribution in [0.25, 0.3) is 0 Å². The van der Waals surface area contributed by atoms with Crippen LogP contribution < -0.4 is 15.0 Å². The molecule has 2 aromatic rings. The molecule has 32 heavy (non-hydrogen) atoms. The number of fused-ring (bicyclic) bond motifs is 2. The minimum Gasteiger partial charge on any atom is -0.492 e. The molecule has 2 aromatic carbocycles. The highest BCUT2D eigenvalue weighted by atomic mass is 35.5. The van der Waals surface area contributed by atoms with Gasteiger partial charge in [-0.3, -0.25) is 14.4 Å². The molecule has 1 spiro atoms. The molecule has 2 aliphatic heterocycles. The first-order chi connectivity index (χ1) is 15.2. The van der Waals surface area contributed by atoms with E-state index >= 15 is 0 Å². The largest absolute Gasteiger partial charge is 0.492 e. The molecule has 10 heteroatoms. The summed E-state index contributed by atoms with van der Waals surface area (Å²) in [6.07, 6.45) is 0. The van der Waals surface area contributed by atoms with E-state index in [0.29, 0.717) is 22.0 Å². The summed E-state index contributed by atoms with van der Waals surface area (Å²) in [6, 6.07) is 12.7. The lowest BCUT2D eigenvalue weighted by Gasteiger charge is -2.29. The molecule has 0 fully saturated rings. The van der Waals surface area contributed by atoms with E-state index < -0.39 is 10.8 Å². The highest BCUT2D eigenvalue weighted by Crippen LogP contribution is 2.54. The van der Waals surface area contributed by atoms with Crippen LogP contribution in [-0.4, -0.2) is 41.0 Å². The second kappa shape index (κ2) is 8.48. The number of amidine groups is 1. The summed E-state index contributed by atoms with van der Waals surface area (Å²) in [5.41, 5.74) is 2.27. The van der Waals surface area contributed by atoms with E-state index in [1.165, 1.54) is 13.8 Å². The SMILES string of the molecule is CC(=O)NC1=NN(C(C)=O)[C@@]2(S1)C(=O)N(CCOc1ccc(C)cc1)c1ccc(Cl)cc12. The predicted octanol–water partition coefficient (Wildman–Crippen LogP) is 3.23. The summed E-state index contributed by atoms with van der Waals surface area (Å²) in [4.78, 5) is 37.9. The molecule has 1 N–H and O–H groups in total. The van der Waals surface area contributed by atoms with Crippen molar-refractivity contribution in [2.45, 2.75) is 25.6 Å². The highest BCUT2D eigenvalue weighted by Gasteiger charge is 2.61. The molecule has 0 saturated heterocycles. The van der Waals surface area contributed by atoms with Crippen LogP contribution in [0, 0.1) is 6.92 Å². The van der Waals surface area contributed by atoms with Crippen LogP contribution in [0.2, 0.25) is 5.02 Å². The molecule has 4 rings (SSSR count). The normalized spacial score (nSPS) is 19.2. The van der Waals surface area contributed by atoms with Gasteiger partial charge in [0, 0.05) is 24.4 Å². The zero-order chi connectivity index (χ0) is 23.0. The first-order valence-electron chi connectivity index (χ1n) is 9.90. The molecule has 3 amide bonds. The fraction of sp³-hybridized carbons (Fsp3) is 0.273. The van der Waals surface area contributed by atoms with E-state index in [1.54, 1.807) is 23.1 Å². The molecule has 166 valence electrons. The maximum absolute atomic E-state index is 13.8. The van der Waals surface area contributed by atoms with Crippen molar-refractivity contribution >= 4 is 51.9 Å². The number of benzene rings is 2. The van der Waals surface area contributed by atoms with Gasteiger partial charge in [0.05, 0.1) is 12.2 Å². The maximum atomic E-state index is 13.8. The molecule has 0 radical (unpaired) electrons. The molecule has 2 aliphatic rings. The van der Waals surface area contributed by atoms with Gasteiger partial charge in [-0.1, -0.05) is 29.3 Å². The van der Waals surface area contributed by atoms with Crippen molar-refractivity contribution in [3.63, 3.8) is 0 Å². The van der Waals surface area contributed by atoms with Crippen molar-refractivity contribution in [3.8, 4) is 5.75 Å². The van der Waals surface area contributed by atoms with Gasteiger partial charge in [0.25, 0.3) is 5.91 Å². The van der Waals surface area contributed by atoms with Gasteiger partial charge in [-0.15, -0.1) is 5.10 Å². The summed E-state index contributed by atoms with van der Waals surface area (Å²) in [6.45, 7) is 5.15. The second-order valence-electron chi connectivity index (χ2n) is 7.44. The summed E-state index contributed by atoms with van der Waals surface area (Å²) >= 11 is 7.26. The lowest BCUT2D eigenvalue weighted by molar-refractivity contribution is -0.139. The monoisotopic (exact) mass is 472 g/mol. The van der Waals surface area contributed by atoms with E-state index in [1.807, 2.05) is 31.2 Å². The molecule has 0 saturated carbocycles. The number of halogens is 1. The number of rotatable bonds is 4. The number of aryl methyl sites for hydroxylation is 1. The van der Waals surface area contributed by atoms with Crippen molar-refractivity contribution in [1.29, 1.82) is 0 Å². The van der Waals surface area contributed by atoms with Crippen LogP contribution in [-0.2, 0) is 19.3 Å². The van der Waals surface area contributed by atoms with Crippen molar-refractivity contribution in [2.75, 3.05) is 18.1 Å². The van der Waals surface area contributed by atoms with Gasteiger partial charge < -0.3 is 15.0 Å². The van der Waals surface area contributed by atoms with Crippen LogP contribution in [0.15, 0.2) is 47.6 Å². The van der Waals surface area contributed by atoms with Crippen molar-refractivity contribution in [1.82, 2.24) is 10.3 Å². The smallest absolute Gasteiger partial charge is 0.270 e. The standard InChI is InChI=1S/C22H21ClN4O4S/c1-13-4-7-17(8-5-13)31-11-10-26-19-9-6-16(23)12-18(19)22(20(26)30)27(15(3)29)25-21(32-22)24-14(2)28/h4-9,12H,10-11H2,1-3H3,(H,24,25,28)/t22-/m0/s1. The second-order valence-corrected chi connectivity index (χ2v) is 9.06. The van der Waals surface area contributed by atoms with Gasteiger partial charge in [0.15, 0.2) is 5.17 Å². The Kier molecular flexibility index (Phi) is 5.87. The third kappa shape index (κ3) is 3.82. The number of carbonyl (C=O) groups is 3. The van der Waals surface area contributed by atoms with E-state index in [2.05, 4.69) is 10.4 Å². The number of thioether (sulfide) groups is 1. The van der Waals surface area contributed by atoms with Gasteiger partial charge in [0.2, 0.25) is 16.7 Å². The number of nitrogens with zero attached hydrogens (tertiary/aromatic N) is 3. The molecule has 2 heterocycles. The molecular weight excluding hydrogens is 452 g/mol. The Morgan fingerprint density at radius 2 is 1.91 bits per heavy atom. The van der Waals surface area contributed by atoms with E-state index in [4.69, 9.17) is 16.3 Å². The Bertz CT molecular complexity index is 1140. The Morgan fingerprint density at radius 1 is 1.19 bits per heavy atom. The Balaban J connectivity index is 1.65. The number of carbonyl (C=O) groups excluding carboxylic acids is 3. The van der Waals surface area contributed by atoms with Crippen LogP contribution in [0.1, 0.15) is 25.0 Å². The topological polar surface area (TPSA) is 91.3 Å². The number of hydrazone groups is 1. The number of hydrogen-bond donors (Lipinski definition) is 1. The van der Waals surface area contributed by atoms with Crippen LogP contribution >= 0.6 is 23.4 Å². The molecule has 0 bridgehead atoms. The number of amides is 3. The number of hydrogen-bond acceptors (Lipinski definition) is 6. The number of anilines is 1. The van der Waals surface area contributed by atoms with Crippen molar-refractivity contribution in [2.24, 2.45) is 5.10 Å². The first-order valence-corrected chi connectivity index (χ1v) is 11.1. The lowest BCUT2D eigenvalue weighted by Crippen LogP contribution is -2.49. The Labute approximate surface area is 194 Å². The van der Waals surface area contributed by atoms with Crippen LogP contribution in [0.4, 0.5) is 5.69 Å². The molecule has 1 atom stereocenters. The molecule has 0 unspecified atom stereocenters. The van der Waals surface area contributed by atoms with E-state index in [9.17, 15) is 14.4 Å². The molecule has 0 aliphatic carbocycles. The maximum Gasteiger partial charge on any atom is 0.270 e. The third-order valence-electron chi connectivity index (χ3n) is 5.07. The average Bonchev–Trinajstić information content (AvgIpc) is 3.21. The summed E-state index contributed by atoms with van der Waals surface area (Å²) in [5, 5.41) is 8.51. The number of nitrogens with one attached hydrogen (secondary N) is 1. The average molecular weight is 473 g/mol. The molecule has 8 nitrogen and oxygen atoms in total. The zero-order valence-electron chi connectivity index (χ0n) is 17.7. The van der Waals surface area contributed by atoms with Gasteiger partial charge in [0.1, 0.15) is 12.4 Å². The Morgan fingerprint density at radius 3 is 2.56 bits per heavy atom. The first kappa shape index (κ1) is 22.2. The third-order valence-corrected chi connectivity index (χ3v) is 6.54. The summed E-state index contributed by atoms with van der Waals surface area (Å²) < 4.78 is 5.82. The molecule has 0 aromatic heterocycles.